The van der Waals surface area contributed by atoms with E-state index in [2.05, 4.69) is 21.3 Å². The molecule has 1 amide bonds. The summed E-state index contributed by atoms with van der Waals surface area (Å²) in [6.45, 7) is 3.55. The van der Waals surface area contributed by atoms with E-state index in [0.717, 1.165) is 37.0 Å². The molecule has 1 aromatic heterocycles. The molecule has 6 nitrogen and oxygen atoms in total. The molecule has 138 valence electrons. The second kappa shape index (κ2) is 8.76. The van der Waals surface area contributed by atoms with Crippen LogP contribution in [0.1, 0.15) is 16.1 Å². The standard InChI is InChI=1S/C19H23ClN4O2/c1-21-19(22-8-7-15-4-2-5-16(20)14-15)24-11-9-23(10-12-24)18(25)17-6-3-13-26-17/h2-6,13-14H,7-12H2,1H3,(H,21,22). The fourth-order valence-electron chi connectivity index (χ4n) is 3.02. The van der Waals surface area contributed by atoms with Crippen LogP contribution in [0.3, 0.4) is 0 Å². The van der Waals surface area contributed by atoms with Crippen molar-refractivity contribution in [1.82, 2.24) is 15.1 Å². The van der Waals surface area contributed by atoms with Crippen LogP contribution in [0, 0.1) is 0 Å². The quantitative estimate of drug-likeness (QED) is 0.659. The van der Waals surface area contributed by atoms with Gasteiger partial charge in [0.15, 0.2) is 11.7 Å². The van der Waals surface area contributed by atoms with Gasteiger partial charge < -0.3 is 19.5 Å². The molecule has 0 spiro atoms. The van der Waals surface area contributed by atoms with Gasteiger partial charge in [0.05, 0.1) is 6.26 Å². The molecular formula is C19H23ClN4O2. The zero-order chi connectivity index (χ0) is 18.4. The summed E-state index contributed by atoms with van der Waals surface area (Å²) in [6.07, 6.45) is 2.39. The second-order valence-corrected chi connectivity index (χ2v) is 6.55. The number of nitrogens with one attached hydrogen (secondary N) is 1. The number of rotatable bonds is 4. The summed E-state index contributed by atoms with van der Waals surface area (Å²) in [7, 11) is 1.78. The molecule has 0 saturated carbocycles. The van der Waals surface area contributed by atoms with Gasteiger partial charge in [0.25, 0.3) is 5.91 Å². The number of halogens is 1. The van der Waals surface area contributed by atoms with E-state index in [1.807, 2.05) is 23.1 Å². The monoisotopic (exact) mass is 374 g/mol. The Morgan fingerprint density at radius 2 is 1.96 bits per heavy atom. The SMILES string of the molecule is CN=C(NCCc1cccc(Cl)c1)N1CCN(C(=O)c2ccco2)CC1. The molecule has 1 N–H and O–H groups in total. The predicted molar refractivity (Wildman–Crippen MR) is 103 cm³/mol. The van der Waals surface area contributed by atoms with E-state index in [0.29, 0.717) is 18.8 Å². The van der Waals surface area contributed by atoms with Crippen LogP contribution in [-0.4, -0.2) is 61.4 Å². The normalized spacial score (nSPS) is 15.2. The van der Waals surface area contributed by atoms with Crippen molar-refractivity contribution in [2.24, 2.45) is 4.99 Å². The highest BCUT2D eigenvalue weighted by Gasteiger charge is 2.24. The topological polar surface area (TPSA) is 61.1 Å². The van der Waals surface area contributed by atoms with Crippen molar-refractivity contribution in [3.05, 3.63) is 59.0 Å². The van der Waals surface area contributed by atoms with Crippen molar-refractivity contribution >= 4 is 23.5 Å². The van der Waals surface area contributed by atoms with E-state index >= 15 is 0 Å². The lowest BCUT2D eigenvalue weighted by Gasteiger charge is -2.36. The van der Waals surface area contributed by atoms with Crippen molar-refractivity contribution in [2.45, 2.75) is 6.42 Å². The first-order valence-corrected chi connectivity index (χ1v) is 9.08. The van der Waals surface area contributed by atoms with Crippen molar-refractivity contribution < 1.29 is 9.21 Å². The lowest BCUT2D eigenvalue weighted by atomic mass is 10.1. The van der Waals surface area contributed by atoms with Crippen molar-refractivity contribution in [3.8, 4) is 0 Å². The Hall–Kier alpha value is -2.47. The maximum atomic E-state index is 12.3. The molecule has 0 unspecified atom stereocenters. The molecule has 0 bridgehead atoms. The zero-order valence-electron chi connectivity index (χ0n) is 14.8. The van der Waals surface area contributed by atoms with Gasteiger partial charge in [-0.1, -0.05) is 23.7 Å². The van der Waals surface area contributed by atoms with Crippen molar-refractivity contribution in [2.75, 3.05) is 39.8 Å². The first kappa shape index (κ1) is 18.3. The van der Waals surface area contributed by atoms with Gasteiger partial charge in [-0.15, -0.1) is 0 Å². The number of aliphatic imine (C=N–C) groups is 1. The number of guanidine groups is 1. The van der Waals surface area contributed by atoms with Crippen LogP contribution in [0.5, 0.6) is 0 Å². The molecule has 1 saturated heterocycles. The van der Waals surface area contributed by atoms with Gasteiger partial charge in [0.2, 0.25) is 0 Å². The number of furan rings is 1. The molecule has 7 heteroatoms. The van der Waals surface area contributed by atoms with E-state index in [-0.39, 0.29) is 5.91 Å². The van der Waals surface area contributed by atoms with Crippen LogP contribution in [0.25, 0.3) is 0 Å². The van der Waals surface area contributed by atoms with Gasteiger partial charge >= 0.3 is 0 Å². The summed E-state index contributed by atoms with van der Waals surface area (Å²) in [5.41, 5.74) is 1.19. The maximum Gasteiger partial charge on any atom is 0.289 e. The van der Waals surface area contributed by atoms with Crippen LogP contribution in [0.2, 0.25) is 5.02 Å². The van der Waals surface area contributed by atoms with Crippen LogP contribution in [0.4, 0.5) is 0 Å². The molecule has 26 heavy (non-hydrogen) atoms. The van der Waals surface area contributed by atoms with E-state index in [1.54, 1.807) is 19.2 Å². The molecular weight excluding hydrogens is 352 g/mol. The average molecular weight is 375 g/mol. The Labute approximate surface area is 158 Å². The third-order valence-corrected chi connectivity index (χ3v) is 4.63. The molecule has 2 heterocycles. The Bertz CT molecular complexity index is 753. The first-order valence-electron chi connectivity index (χ1n) is 8.70. The summed E-state index contributed by atoms with van der Waals surface area (Å²) in [5.74, 6) is 1.19. The molecule has 1 aliphatic rings. The number of hydrogen-bond donors (Lipinski definition) is 1. The number of amides is 1. The molecule has 3 rings (SSSR count). The average Bonchev–Trinajstić information content (AvgIpc) is 3.20. The number of carbonyl (C=O) groups is 1. The highest BCUT2D eigenvalue weighted by atomic mass is 35.5. The number of nitrogens with zero attached hydrogens (tertiary/aromatic N) is 3. The third-order valence-electron chi connectivity index (χ3n) is 4.40. The highest BCUT2D eigenvalue weighted by molar-refractivity contribution is 6.30. The van der Waals surface area contributed by atoms with Gasteiger partial charge in [-0.2, -0.15) is 0 Å². The predicted octanol–water partition coefficient (Wildman–Crippen LogP) is 2.51. The number of carbonyl (C=O) groups excluding carboxylic acids is 1. The van der Waals surface area contributed by atoms with Gasteiger partial charge in [0.1, 0.15) is 0 Å². The van der Waals surface area contributed by atoms with Gasteiger partial charge in [-0.3, -0.25) is 9.79 Å². The molecule has 0 atom stereocenters. The Balaban J connectivity index is 1.47. The van der Waals surface area contributed by atoms with Crippen molar-refractivity contribution in [3.63, 3.8) is 0 Å². The molecule has 0 radical (unpaired) electrons. The van der Waals surface area contributed by atoms with E-state index in [4.69, 9.17) is 16.0 Å². The van der Waals surface area contributed by atoms with Gasteiger partial charge in [-0.05, 0) is 36.2 Å². The Kier molecular flexibility index (Phi) is 6.17. The lowest BCUT2D eigenvalue weighted by Crippen LogP contribution is -2.53. The number of hydrogen-bond acceptors (Lipinski definition) is 3. The lowest BCUT2D eigenvalue weighted by molar-refractivity contribution is 0.0658. The van der Waals surface area contributed by atoms with Gasteiger partial charge in [-0.25, -0.2) is 0 Å². The zero-order valence-corrected chi connectivity index (χ0v) is 15.6. The third kappa shape index (κ3) is 4.58. The Morgan fingerprint density at radius 1 is 1.19 bits per heavy atom. The van der Waals surface area contributed by atoms with E-state index < -0.39 is 0 Å². The fourth-order valence-corrected chi connectivity index (χ4v) is 3.23. The summed E-state index contributed by atoms with van der Waals surface area (Å²) >= 11 is 6.02. The highest BCUT2D eigenvalue weighted by Crippen LogP contribution is 2.11. The van der Waals surface area contributed by atoms with Crippen LogP contribution >= 0.6 is 11.6 Å². The van der Waals surface area contributed by atoms with Gasteiger partial charge in [0, 0.05) is 44.8 Å². The molecule has 1 fully saturated rings. The maximum absolute atomic E-state index is 12.3. The van der Waals surface area contributed by atoms with E-state index in [1.165, 1.54) is 11.8 Å². The van der Waals surface area contributed by atoms with Crippen LogP contribution < -0.4 is 5.32 Å². The first-order chi connectivity index (χ1) is 12.7. The van der Waals surface area contributed by atoms with Crippen molar-refractivity contribution in [1.29, 1.82) is 0 Å². The second-order valence-electron chi connectivity index (χ2n) is 6.11. The minimum Gasteiger partial charge on any atom is -0.459 e. The summed E-state index contributed by atoms with van der Waals surface area (Å²) in [5, 5.41) is 4.14. The molecule has 0 aliphatic carbocycles. The van der Waals surface area contributed by atoms with Crippen LogP contribution in [0.15, 0.2) is 52.1 Å². The van der Waals surface area contributed by atoms with E-state index in [9.17, 15) is 4.79 Å². The minimum absolute atomic E-state index is 0.0569. The minimum atomic E-state index is -0.0569. The summed E-state index contributed by atoms with van der Waals surface area (Å²) in [6, 6.07) is 11.3. The summed E-state index contributed by atoms with van der Waals surface area (Å²) < 4.78 is 5.20. The smallest absolute Gasteiger partial charge is 0.289 e. The number of benzene rings is 1. The molecule has 1 aliphatic heterocycles. The molecule has 2 aromatic rings. The summed E-state index contributed by atoms with van der Waals surface area (Å²) in [4.78, 5) is 20.7. The van der Waals surface area contributed by atoms with Crippen LogP contribution in [-0.2, 0) is 6.42 Å². The Morgan fingerprint density at radius 3 is 2.62 bits per heavy atom. The largest absolute Gasteiger partial charge is 0.459 e. The fraction of sp³-hybridized carbons (Fsp3) is 0.368. The number of piperazine rings is 1. The molecule has 1 aromatic carbocycles.